The number of rotatable bonds is 0. The first kappa shape index (κ1) is 9.05. The molecular weight excluding hydrogens is 144 g/mol. The fourth-order valence-corrected chi connectivity index (χ4v) is 1.35. The summed E-state index contributed by atoms with van der Waals surface area (Å²) in [5.74, 6) is 0. The first-order valence-electron chi connectivity index (χ1n) is 4.70. The average Bonchev–Trinajstić information content (AvgIpc) is 2.46. The third-order valence-corrected chi connectivity index (χ3v) is 1.88. The summed E-state index contributed by atoms with van der Waals surface area (Å²) in [5.41, 5.74) is 2.79. The second-order valence-corrected chi connectivity index (χ2v) is 2.60. The second kappa shape index (κ2) is 4.76. The highest BCUT2D eigenvalue weighted by atomic mass is 14.1. The van der Waals surface area contributed by atoms with E-state index in [2.05, 4.69) is 36.5 Å². The van der Waals surface area contributed by atoms with Crippen molar-refractivity contribution < 1.29 is 0 Å². The fourth-order valence-electron chi connectivity index (χ4n) is 1.35. The van der Waals surface area contributed by atoms with Crippen LogP contribution in [0.25, 0.3) is 0 Å². The van der Waals surface area contributed by atoms with Crippen molar-refractivity contribution in [3.05, 3.63) is 47.6 Å². The molecule has 0 atom stereocenters. The van der Waals surface area contributed by atoms with E-state index >= 15 is 0 Å². The maximum Gasteiger partial charge on any atom is -0.0151 e. The molecule has 0 fully saturated rings. The zero-order chi connectivity index (χ0) is 8.81. The SMILES string of the molecule is C1=CC2=CCC=C2C=CC1.CC. The van der Waals surface area contributed by atoms with Gasteiger partial charge >= 0.3 is 0 Å². The van der Waals surface area contributed by atoms with Gasteiger partial charge in [-0.25, -0.2) is 0 Å². The molecule has 0 nitrogen and oxygen atoms in total. The van der Waals surface area contributed by atoms with E-state index in [1.807, 2.05) is 13.8 Å². The molecule has 0 heteroatoms. The minimum absolute atomic E-state index is 1.08. The van der Waals surface area contributed by atoms with Crippen LogP contribution < -0.4 is 0 Å². The van der Waals surface area contributed by atoms with Crippen LogP contribution in [0.3, 0.4) is 0 Å². The summed E-state index contributed by atoms with van der Waals surface area (Å²) >= 11 is 0. The molecule has 0 unspecified atom stereocenters. The molecule has 0 aromatic carbocycles. The fraction of sp³-hybridized carbons (Fsp3) is 0.333. The molecule has 0 aromatic rings. The Hall–Kier alpha value is -1.04. The first-order chi connectivity index (χ1) is 5.97. The van der Waals surface area contributed by atoms with Crippen molar-refractivity contribution in [1.29, 1.82) is 0 Å². The molecule has 0 aromatic heterocycles. The Labute approximate surface area is 75.0 Å². The van der Waals surface area contributed by atoms with Gasteiger partial charge in [0.05, 0.1) is 0 Å². The maximum absolute atomic E-state index is 2.27. The van der Waals surface area contributed by atoms with Crippen molar-refractivity contribution in [3.8, 4) is 0 Å². The van der Waals surface area contributed by atoms with E-state index < -0.39 is 0 Å². The van der Waals surface area contributed by atoms with E-state index in [-0.39, 0.29) is 0 Å². The molecule has 0 saturated carbocycles. The van der Waals surface area contributed by atoms with Gasteiger partial charge in [0.1, 0.15) is 0 Å². The zero-order valence-corrected chi connectivity index (χ0v) is 7.88. The maximum atomic E-state index is 2.27. The van der Waals surface area contributed by atoms with Crippen LogP contribution in [0.5, 0.6) is 0 Å². The van der Waals surface area contributed by atoms with Gasteiger partial charge in [-0.15, -0.1) is 0 Å². The summed E-state index contributed by atoms with van der Waals surface area (Å²) in [7, 11) is 0. The smallest absolute Gasteiger partial charge is 0.0151 e. The lowest BCUT2D eigenvalue weighted by Gasteiger charge is -1.92. The van der Waals surface area contributed by atoms with Gasteiger partial charge in [0, 0.05) is 0 Å². The van der Waals surface area contributed by atoms with Crippen LogP contribution in [0.2, 0.25) is 0 Å². The molecule has 2 aliphatic carbocycles. The summed E-state index contributed by atoms with van der Waals surface area (Å²) in [6, 6.07) is 0. The summed E-state index contributed by atoms with van der Waals surface area (Å²) in [5, 5.41) is 0. The van der Waals surface area contributed by atoms with Crippen LogP contribution in [-0.4, -0.2) is 0 Å². The van der Waals surface area contributed by atoms with Gasteiger partial charge in [-0.3, -0.25) is 0 Å². The molecule has 0 saturated heterocycles. The van der Waals surface area contributed by atoms with Crippen LogP contribution in [0.4, 0.5) is 0 Å². The Morgan fingerprint density at radius 2 is 1.33 bits per heavy atom. The third kappa shape index (κ3) is 1.97. The van der Waals surface area contributed by atoms with Gasteiger partial charge in [0.15, 0.2) is 0 Å². The first-order valence-corrected chi connectivity index (χ1v) is 4.70. The minimum atomic E-state index is 1.08. The quantitative estimate of drug-likeness (QED) is 0.506. The van der Waals surface area contributed by atoms with E-state index in [1.165, 1.54) is 11.1 Å². The highest BCUT2D eigenvalue weighted by Gasteiger charge is 2.04. The molecule has 0 N–H and O–H groups in total. The lowest BCUT2D eigenvalue weighted by molar-refractivity contribution is 1.39. The summed E-state index contributed by atoms with van der Waals surface area (Å²) in [6.45, 7) is 4.00. The molecule has 0 heterocycles. The molecule has 64 valence electrons. The zero-order valence-electron chi connectivity index (χ0n) is 7.88. The van der Waals surface area contributed by atoms with Gasteiger partial charge in [-0.2, -0.15) is 0 Å². The van der Waals surface area contributed by atoms with Crippen molar-refractivity contribution in [2.45, 2.75) is 26.7 Å². The molecule has 12 heavy (non-hydrogen) atoms. The lowest BCUT2D eigenvalue weighted by atomic mass is 10.1. The van der Waals surface area contributed by atoms with Gasteiger partial charge in [-0.1, -0.05) is 50.3 Å². The normalized spacial score (nSPS) is 18.5. The Kier molecular flexibility index (Phi) is 3.59. The van der Waals surface area contributed by atoms with Crippen molar-refractivity contribution >= 4 is 0 Å². The van der Waals surface area contributed by atoms with Gasteiger partial charge in [-0.05, 0) is 24.0 Å². The molecular formula is C12H16. The molecule has 0 spiro atoms. The van der Waals surface area contributed by atoms with Crippen LogP contribution in [-0.2, 0) is 0 Å². The predicted octanol–water partition coefficient (Wildman–Crippen LogP) is 3.79. The summed E-state index contributed by atoms with van der Waals surface area (Å²) < 4.78 is 0. The number of allylic oxidation sites excluding steroid dienone is 8. The standard InChI is InChI=1S/C10H10.C2H6/c1-2-5-9-7-4-8-10(9)6-3-1;1-2/h2-3,5-8H,1,4H2;1-2H3. The van der Waals surface area contributed by atoms with Crippen LogP contribution in [0.15, 0.2) is 47.6 Å². The number of hydrogen-bond acceptors (Lipinski definition) is 0. The van der Waals surface area contributed by atoms with Crippen molar-refractivity contribution in [3.63, 3.8) is 0 Å². The monoisotopic (exact) mass is 160 g/mol. The highest BCUT2D eigenvalue weighted by Crippen LogP contribution is 2.23. The topological polar surface area (TPSA) is 0 Å². The van der Waals surface area contributed by atoms with Crippen LogP contribution >= 0.6 is 0 Å². The van der Waals surface area contributed by atoms with Crippen LogP contribution in [0.1, 0.15) is 26.7 Å². The van der Waals surface area contributed by atoms with Crippen LogP contribution in [0, 0.1) is 0 Å². The Morgan fingerprint density at radius 3 is 1.83 bits per heavy atom. The molecule has 0 radical (unpaired) electrons. The second-order valence-electron chi connectivity index (χ2n) is 2.60. The Bertz CT molecular complexity index is 223. The molecule has 0 aliphatic heterocycles. The van der Waals surface area contributed by atoms with E-state index in [1.54, 1.807) is 0 Å². The summed E-state index contributed by atoms with van der Waals surface area (Å²) in [4.78, 5) is 0. The van der Waals surface area contributed by atoms with E-state index in [0.717, 1.165) is 12.8 Å². The lowest BCUT2D eigenvalue weighted by Crippen LogP contribution is -1.73. The molecule has 2 rings (SSSR count). The average molecular weight is 160 g/mol. The Morgan fingerprint density at radius 1 is 0.833 bits per heavy atom. The Balaban J connectivity index is 0.000000336. The van der Waals surface area contributed by atoms with Gasteiger partial charge in [0.25, 0.3) is 0 Å². The third-order valence-electron chi connectivity index (χ3n) is 1.88. The van der Waals surface area contributed by atoms with Crippen molar-refractivity contribution in [2.24, 2.45) is 0 Å². The van der Waals surface area contributed by atoms with E-state index in [0.29, 0.717) is 0 Å². The van der Waals surface area contributed by atoms with Gasteiger partial charge in [0.2, 0.25) is 0 Å². The van der Waals surface area contributed by atoms with Crippen molar-refractivity contribution in [1.82, 2.24) is 0 Å². The number of hydrogen-bond donors (Lipinski definition) is 0. The summed E-state index contributed by atoms with van der Waals surface area (Å²) in [6.07, 6.45) is 15.5. The predicted molar refractivity (Wildman–Crippen MR) is 55.0 cm³/mol. The molecule has 2 aliphatic rings. The molecule has 0 amide bonds. The van der Waals surface area contributed by atoms with E-state index in [4.69, 9.17) is 0 Å². The van der Waals surface area contributed by atoms with Gasteiger partial charge < -0.3 is 0 Å². The largest absolute Gasteiger partial charge is 0.0801 e. The highest BCUT2D eigenvalue weighted by molar-refractivity contribution is 5.51. The molecule has 0 bridgehead atoms. The van der Waals surface area contributed by atoms with E-state index in [9.17, 15) is 0 Å². The minimum Gasteiger partial charge on any atom is -0.0801 e. The number of fused-ring (bicyclic) bond motifs is 1. The van der Waals surface area contributed by atoms with Crippen molar-refractivity contribution in [2.75, 3.05) is 0 Å².